The molecule has 1 aliphatic heterocycles. The second-order valence-corrected chi connectivity index (χ2v) is 2.03. The highest BCUT2D eigenvalue weighted by Crippen LogP contribution is 1.93. The lowest BCUT2D eigenvalue weighted by Gasteiger charge is -2.16. The normalized spacial score (nSPS) is 22.8. The molecular weight excluding hydrogens is 164 g/mol. The number of amides is 3. The maximum absolute atomic E-state index is 10.9. The number of imide groups is 1. The van der Waals surface area contributed by atoms with Crippen LogP contribution in [-0.2, 0) is 9.53 Å². The highest BCUT2D eigenvalue weighted by atomic mass is 16.5. The van der Waals surface area contributed by atoms with Crippen molar-refractivity contribution >= 4 is 17.6 Å². The summed E-state index contributed by atoms with van der Waals surface area (Å²) in [5.74, 6) is -0.770. The summed E-state index contributed by atoms with van der Waals surface area (Å²) in [6, 6.07) is -0.681. The van der Waals surface area contributed by atoms with Crippen LogP contribution in [0.3, 0.4) is 0 Å². The van der Waals surface area contributed by atoms with Gasteiger partial charge in [0.05, 0.1) is 0 Å². The van der Waals surface area contributed by atoms with Crippen molar-refractivity contribution in [2.45, 2.75) is 6.23 Å². The lowest BCUT2D eigenvalue weighted by molar-refractivity contribution is -0.121. The molecule has 0 aromatic rings. The number of carbonyl (C=O) groups excluding carboxylic acids is 2. The molecule has 7 heteroatoms. The van der Waals surface area contributed by atoms with Gasteiger partial charge in [-0.25, -0.2) is 4.79 Å². The van der Waals surface area contributed by atoms with Crippen LogP contribution in [0.1, 0.15) is 0 Å². The van der Waals surface area contributed by atoms with Gasteiger partial charge in [0.25, 0.3) is 0 Å². The minimum absolute atomic E-state index is 0.280. The molecule has 12 heavy (non-hydrogen) atoms. The summed E-state index contributed by atoms with van der Waals surface area (Å²) in [7, 11) is 1.27. The quantitative estimate of drug-likeness (QED) is 0.368. The van der Waals surface area contributed by atoms with Crippen LogP contribution in [0.5, 0.6) is 0 Å². The Kier molecular flexibility index (Phi) is 2.18. The van der Waals surface area contributed by atoms with Crippen molar-refractivity contribution in [1.29, 1.82) is 0 Å². The summed E-state index contributed by atoms with van der Waals surface area (Å²) >= 11 is 0. The summed E-state index contributed by atoms with van der Waals surface area (Å²) in [6.45, 7) is 0. The third kappa shape index (κ3) is 1.31. The third-order valence-corrected chi connectivity index (χ3v) is 1.31. The molecule has 2 N–H and O–H groups in total. The second-order valence-electron chi connectivity index (χ2n) is 2.03. The molecule has 0 aromatic heterocycles. The maximum Gasteiger partial charge on any atom is 0.405 e. The molecule has 1 atom stereocenters. The van der Waals surface area contributed by atoms with Crippen LogP contribution < -0.4 is 10.6 Å². The first-order chi connectivity index (χ1) is 5.69. The fraction of sp³-hybridized carbons (Fsp3) is 0.400. The van der Waals surface area contributed by atoms with Crippen molar-refractivity contribution in [1.82, 2.24) is 10.6 Å². The third-order valence-electron chi connectivity index (χ3n) is 1.31. The van der Waals surface area contributed by atoms with Gasteiger partial charge in [-0.2, -0.15) is 4.79 Å². The van der Waals surface area contributed by atoms with E-state index in [1.165, 1.54) is 7.11 Å². The van der Waals surface area contributed by atoms with E-state index < -0.39 is 18.2 Å². The summed E-state index contributed by atoms with van der Waals surface area (Å²) < 4.78 is 4.65. The Morgan fingerprint density at radius 3 is 2.75 bits per heavy atom. The van der Waals surface area contributed by atoms with Gasteiger partial charge in [0, 0.05) is 7.11 Å². The van der Waals surface area contributed by atoms with E-state index in [-0.39, 0.29) is 5.71 Å². The van der Waals surface area contributed by atoms with E-state index in [1.807, 2.05) is 5.32 Å². The summed E-state index contributed by atoms with van der Waals surface area (Å²) in [5, 5.41) is 4.10. The standard InChI is InChI=1S/C5H6N4O3/c1-12-4-2(9-6)3(10)7-5(11)8-4/h4H,1H3,(H2,7,8,10,11). The van der Waals surface area contributed by atoms with E-state index in [9.17, 15) is 9.59 Å². The molecule has 1 fully saturated rings. The summed E-state index contributed by atoms with van der Waals surface area (Å²) in [5.41, 5.74) is 8.06. The Labute approximate surface area is 67.3 Å². The zero-order valence-electron chi connectivity index (χ0n) is 6.20. The molecule has 0 saturated carbocycles. The minimum atomic E-state index is -0.990. The molecule has 0 spiro atoms. The van der Waals surface area contributed by atoms with Crippen molar-refractivity contribution in [2.75, 3.05) is 7.11 Å². The Hall–Kier alpha value is -1.72. The molecule has 64 valence electrons. The number of urea groups is 1. The molecule has 1 aliphatic rings. The zero-order valence-corrected chi connectivity index (χ0v) is 6.20. The van der Waals surface area contributed by atoms with Crippen LogP contribution in [0.25, 0.3) is 5.53 Å². The summed E-state index contributed by atoms with van der Waals surface area (Å²) in [4.78, 5) is 24.2. The van der Waals surface area contributed by atoms with Gasteiger partial charge in [-0.05, 0) is 0 Å². The SMILES string of the molecule is COC1NC(=O)NC(=O)C1=[N+]=[N-]. The van der Waals surface area contributed by atoms with Crippen LogP contribution in [0.15, 0.2) is 0 Å². The molecule has 1 unspecified atom stereocenters. The molecular formula is C5H6N4O3. The average molecular weight is 170 g/mol. The molecule has 3 amide bonds. The highest BCUT2D eigenvalue weighted by molar-refractivity contribution is 6.42. The van der Waals surface area contributed by atoms with Gasteiger partial charge in [-0.15, -0.1) is 0 Å². The number of hydrogen-bond donors (Lipinski definition) is 2. The molecule has 0 aliphatic carbocycles. The fourth-order valence-electron chi connectivity index (χ4n) is 0.778. The molecule has 0 bridgehead atoms. The number of hydrogen-bond acceptors (Lipinski definition) is 3. The van der Waals surface area contributed by atoms with Crippen molar-refractivity contribution in [3.05, 3.63) is 5.53 Å². The van der Waals surface area contributed by atoms with E-state index >= 15 is 0 Å². The first kappa shape index (κ1) is 8.38. The first-order valence-electron chi connectivity index (χ1n) is 3.05. The van der Waals surface area contributed by atoms with Crippen molar-refractivity contribution < 1.29 is 19.1 Å². The van der Waals surface area contributed by atoms with Gasteiger partial charge in [0.1, 0.15) is 0 Å². The van der Waals surface area contributed by atoms with Gasteiger partial charge >= 0.3 is 17.6 Å². The lowest BCUT2D eigenvalue weighted by Crippen LogP contribution is -2.59. The van der Waals surface area contributed by atoms with Gasteiger partial charge in [-0.3, -0.25) is 10.1 Å². The van der Waals surface area contributed by atoms with Crippen LogP contribution >= 0.6 is 0 Å². The van der Waals surface area contributed by atoms with Crippen LogP contribution in [-0.4, -0.2) is 35.8 Å². The number of nitrogens with one attached hydrogen (secondary N) is 2. The number of ether oxygens (including phenoxy) is 1. The Morgan fingerprint density at radius 2 is 2.25 bits per heavy atom. The van der Waals surface area contributed by atoms with Gasteiger partial charge < -0.3 is 15.6 Å². The zero-order chi connectivity index (χ0) is 9.14. The van der Waals surface area contributed by atoms with Crippen LogP contribution in [0.4, 0.5) is 4.79 Å². The molecule has 1 heterocycles. The Balaban J connectivity index is 2.92. The fourth-order valence-corrected chi connectivity index (χ4v) is 0.778. The van der Waals surface area contributed by atoms with E-state index in [4.69, 9.17) is 5.53 Å². The molecule has 1 rings (SSSR count). The van der Waals surface area contributed by atoms with Crippen molar-refractivity contribution in [2.24, 2.45) is 0 Å². The molecule has 0 radical (unpaired) electrons. The molecule has 1 saturated heterocycles. The number of nitrogens with zero attached hydrogens (tertiary/aromatic N) is 2. The van der Waals surface area contributed by atoms with Gasteiger partial charge in [-0.1, -0.05) is 0 Å². The molecule has 7 nitrogen and oxygen atoms in total. The topological polar surface area (TPSA) is 104 Å². The maximum atomic E-state index is 10.9. The van der Waals surface area contributed by atoms with E-state index in [0.29, 0.717) is 0 Å². The average Bonchev–Trinajstić information content (AvgIpc) is 2.03. The largest absolute Gasteiger partial charge is 0.405 e. The van der Waals surface area contributed by atoms with Crippen molar-refractivity contribution in [3.8, 4) is 0 Å². The number of rotatable bonds is 1. The second kappa shape index (κ2) is 3.12. The lowest BCUT2D eigenvalue weighted by atomic mass is 10.2. The van der Waals surface area contributed by atoms with E-state index in [0.717, 1.165) is 0 Å². The monoisotopic (exact) mass is 170 g/mol. The Morgan fingerprint density at radius 1 is 1.58 bits per heavy atom. The number of carbonyl (C=O) groups is 2. The van der Waals surface area contributed by atoms with E-state index in [1.54, 1.807) is 0 Å². The van der Waals surface area contributed by atoms with Gasteiger partial charge in [0.2, 0.25) is 6.23 Å². The van der Waals surface area contributed by atoms with E-state index in [2.05, 4.69) is 14.8 Å². The van der Waals surface area contributed by atoms with Crippen LogP contribution in [0, 0.1) is 0 Å². The Bertz CT molecular complexity index is 280. The smallest absolute Gasteiger partial charge is 0.361 e. The predicted molar refractivity (Wildman–Crippen MR) is 36.1 cm³/mol. The first-order valence-corrected chi connectivity index (χ1v) is 3.05. The molecule has 0 aromatic carbocycles. The highest BCUT2D eigenvalue weighted by Gasteiger charge is 2.38. The van der Waals surface area contributed by atoms with Crippen LogP contribution in [0.2, 0.25) is 0 Å². The number of methoxy groups -OCH3 is 1. The minimum Gasteiger partial charge on any atom is -0.361 e. The van der Waals surface area contributed by atoms with Crippen molar-refractivity contribution in [3.63, 3.8) is 0 Å². The van der Waals surface area contributed by atoms with Gasteiger partial charge in [0.15, 0.2) is 0 Å². The predicted octanol–water partition coefficient (Wildman–Crippen LogP) is -1.53. The summed E-state index contributed by atoms with van der Waals surface area (Å²) in [6.07, 6.45) is -0.990.